The number of Topliss-reactive ketones (excluding diaryl/α,β-unsaturated/α-hetero) is 1. The van der Waals surface area contributed by atoms with Crippen molar-refractivity contribution in [3.8, 4) is 5.75 Å². The molecule has 124 valence electrons. The van der Waals surface area contributed by atoms with Crippen LogP contribution in [0.5, 0.6) is 5.75 Å². The van der Waals surface area contributed by atoms with Gasteiger partial charge < -0.3 is 4.74 Å². The lowest BCUT2D eigenvalue weighted by Crippen LogP contribution is -2.24. The third-order valence-corrected chi connectivity index (χ3v) is 5.51. The number of hydrogen-bond acceptors (Lipinski definition) is 5. The number of methoxy groups -OCH3 is 1. The lowest BCUT2D eigenvalue weighted by molar-refractivity contribution is 0.0970. The van der Waals surface area contributed by atoms with Crippen molar-refractivity contribution in [3.63, 3.8) is 0 Å². The molecule has 3 rings (SSSR count). The maximum atomic E-state index is 12.5. The second-order valence-electron chi connectivity index (χ2n) is 5.24. The van der Waals surface area contributed by atoms with Crippen LogP contribution < -0.4 is 10.3 Å². The predicted octanol–water partition coefficient (Wildman–Crippen LogP) is 3.67. The fraction of sp³-hybridized carbons (Fsp3) is 0.235. The van der Waals surface area contributed by atoms with Crippen molar-refractivity contribution in [1.29, 1.82) is 0 Å². The molecule has 2 aromatic heterocycles. The summed E-state index contributed by atoms with van der Waals surface area (Å²) in [7, 11) is 1.56. The first kappa shape index (κ1) is 16.9. The minimum atomic E-state index is -0.183. The van der Waals surface area contributed by atoms with Gasteiger partial charge in [-0.05, 0) is 46.6 Å². The van der Waals surface area contributed by atoms with Crippen LogP contribution in [0.25, 0.3) is 10.2 Å². The first-order chi connectivity index (χ1) is 11.5. The van der Waals surface area contributed by atoms with Crippen molar-refractivity contribution in [3.05, 3.63) is 55.9 Å². The molecule has 0 saturated heterocycles. The highest BCUT2D eigenvalue weighted by molar-refractivity contribution is 9.10. The van der Waals surface area contributed by atoms with E-state index in [1.54, 1.807) is 25.3 Å². The van der Waals surface area contributed by atoms with Crippen molar-refractivity contribution in [2.24, 2.45) is 0 Å². The molecule has 7 heteroatoms. The molecule has 0 aliphatic rings. The van der Waals surface area contributed by atoms with E-state index in [9.17, 15) is 9.59 Å². The van der Waals surface area contributed by atoms with Gasteiger partial charge in [0.05, 0.1) is 29.8 Å². The van der Waals surface area contributed by atoms with Crippen LogP contribution in [0.15, 0.2) is 39.9 Å². The average molecular weight is 407 g/mol. The highest BCUT2D eigenvalue weighted by Crippen LogP contribution is 2.26. The highest BCUT2D eigenvalue weighted by atomic mass is 79.9. The van der Waals surface area contributed by atoms with Crippen LogP contribution in [0.1, 0.15) is 22.2 Å². The van der Waals surface area contributed by atoms with Gasteiger partial charge in [-0.1, -0.05) is 6.92 Å². The molecule has 0 radical (unpaired) electrons. The van der Waals surface area contributed by atoms with Crippen molar-refractivity contribution in [2.75, 3.05) is 7.11 Å². The molecule has 0 saturated carbocycles. The van der Waals surface area contributed by atoms with Crippen molar-refractivity contribution >= 4 is 43.3 Å². The van der Waals surface area contributed by atoms with Crippen LogP contribution in [0.2, 0.25) is 0 Å². The summed E-state index contributed by atoms with van der Waals surface area (Å²) in [5.41, 5.74) is 0.325. The van der Waals surface area contributed by atoms with E-state index in [1.165, 1.54) is 22.2 Å². The number of rotatable bonds is 5. The van der Waals surface area contributed by atoms with E-state index in [4.69, 9.17) is 4.74 Å². The zero-order valence-electron chi connectivity index (χ0n) is 13.2. The highest BCUT2D eigenvalue weighted by Gasteiger charge is 2.13. The zero-order chi connectivity index (χ0) is 17.3. The van der Waals surface area contributed by atoms with Gasteiger partial charge in [0.25, 0.3) is 5.56 Å². The summed E-state index contributed by atoms with van der Waals surface area (Å²) < 4.78 is 7.21. The van der Waals surface area contributed by atoms with Gasteiger partial charge in [-0.25, -0.2) is 4.98 Å². The summed E-state index contributed by atoms with van der Waals surface area (Å²) in [5.74, 6) is 0.490. The van der Waals surface area contributed by atoms with Crippen LogP contribution in [0, 0.1) is 0 Å². The quantitative estimate of drug-likeness (QED) is 0.606. The zero-order valence-corrected chi connectivity index (χ0v) is 15.6. The topological polar surface area (TPSA) is 61.2 Å². The molecule has 2 heterocycles. The van der Waals surface area contributed by atoms with Crippen LogP contribution in [-0.4, -0.2) is 22.4 Å². The van der Waals surface area contributed by atoms with Crippen LogP contribution in [-0.2, 0) is 13.0 Å². The Balaban J connectivity index is 1.91. The Kier molecular flexibility index (Phi) is 4.82. The number of carbonyl (C=O) groups excluding carboxylic acids is 1. The predicted molar refractivity (Wildman–Crippen MR) is 98.3 cm³/mol. The Morgan fingerprint density at radius 1 is 1.38 bits per heavy atom. The molecule has 0 atom stereocenters. The Hall–Kier alpha value is -1.99. The maximum absolute atomic E-state index is 12.5. The summed E-state index contributed by atoms with van der Waals surface area (Å²) in [4.78, 5) is 31.1. The molecule has 0 unspecified atom stereocenters. The molecule has 0 amide bonds. The summed E-state index contributed by atoms with van der Waals surface area (Å²) in [6.07, 6.45) is 2.30. The first-order valence-electron chi connectivity index (χ1n) is 7.38. The normalized spacial score (nSPS) is 11.0. The number of ketones is 1. The van der Waals surface area contributed by atoms with E-state index in [-0.39, 0.29) is 17.9 Å². The second kappa shape index (κ2) is 6.86. The van der Waals surface area contributed by atoms with E-state index in [1.807, 2.05) is 13.0 Å². The van der Waals surface area contributed by atoms with Gasteiger partial charge in [-0.15, -0.1) is 11.3 Å². The minimum absolute atomic E-state index is 0.0438. The number of thiophene rings is 1. The van der Waals surface area contributed by atoms with Crippen LogP contribution >= 0.6 is 27.3 Å². The number of halogens is 1. The molecule has 0 bridgehead atoms. The lowest BCUT2D eigenvalue weighted by atomic mass is 10.1. The fourth-order valence-electron chi connectivity index (χ4n) is 2.38. The smallest absolute Gasteiger partial charge is 0.262 e. The van der Waals surface area contributed by atoms with E-state index in [2.05, 4.69) is 20.9 Å². The molecule has 24 heavy (non-hydrogen) atoms. The molecule has 5 nitrogen and oxygen atoms in total. The molecule has 0 aliphatic carbocycles. The number of fused-ring (bicyclic) bond motifs is 1. The molecule has 3 aromatic rings. The maximum Gasteiger partial charge on any atom is 0.262 e. The molecule has 0 N–H and O–H groups in total. The Labute approximate surface area is 151 Å². The molecule has 0 spiro atoms. The summed E-state index contributed by atoms with van der Waals surface area (Å²) in [6.45, 7) is 1.99. The largest absolute Gasteiger partial charge is 0.496 e. The van der Waals surface area contributed by atoms with Crippen LogP contribution in [0.4, 0.5) is 0 Å². The molecular weight excluding hydrogens is 392 g/mol. The molecule has 1 aromatic carbocycles. The van der Waals surface area contributed by atoms with Crippen molar-refractivity contribution < 1.29 is 9.53 Å². The number of aromatic nitrogens is 2. The van der Waals surface area contributed by atoms with E-state index < -0.39 is 0 Å². The average Bonchev–Trinajstić information content (AvgIpc) is 3.01. The number of aryl methyl sites for hydroxylation is 1. The molecule has 0 fully saturated rings. The third-order valence-electron chi connectivity index (χ3n) is 3.71. The van der Waals surface area contributed by atoms with Gasteiger partial charge in [0.15, 0.2) is 5.78 Å². The summed E-state index contributed by atoms with van der Waals surface area (Å²) in [6, 6.07) is 6.95. The standard InChI is InChI=1S/C17H15BrN2O3S/c1-3-11-7-12-16(24-11)19-9-20(17(12)22)8-14(21)10-4-5-15(23-2)13(18)6-10/h4-7,9H,3,8H2,1-2H3. The van der Waals surface area contributed by atoms with E-state index >= 15 is 0 Å². The SMILES string of the molecule is CCc1cc2c(=O)n(CC(=O)c3ccc(OC)c(Br)c3)cnc2s1. The first-order valence-corrected chi connectivity index (χ1v) is 8.99. The Morgan fingerprint density at radius 3 is 2.83 bits per heavy atom. The number of nitrogens with zero attached hydrogens (tertiary/aromatic N) is 2. The van der Waals surface area contributed by atoms with Crippen molar-refractivity contribution in [2.45, 2.75) is 19.9 Å². The Bertz CT molecular complexity index is 978. The van der Waals surface area contributed by atoms with E-state index in [0.29, 0.717) is 26.0 Å². The summed E-state index contributed by atoms with van der Waals surface area (Å²) >= 11 is 4.87. The monoisotopic (exact) mass is 406 g/mol. The van der Waals surface area contributed by atoms with Gasteiger partial charge in [-0.2, -0.15) is 0 Å². The molecular formula is C17H15BrN2O3S. The van der Waals surface area contributed by atoms with Crippen LogP contribution in [0.3, 0.4) is 0 Å². The van der Waals surface area contributed by atoms with Gasteiger partial charge in [0.2, 0.25) is 0 Å². The number of benzene rings is 1. The molecule has 0 aliphatic heterocycles. The fourth-order valence-corrected chi connectivity index (χ4v) is 3.85. The number of hydrogen-bond donors (Lipinski definition) is 0. The third kappa shape index (κ3) is 3.14. The van der Waals surface area contributed by atoms with Gasteiger partial charge in [0, 0.05) is 10.4 Å². The summed E-state index contributed by atoms with van der Waals surface area (Å²) in [5, 5.41) is 0.572. The second-order valence-corrected chi connectivity index (χ2v) is 7.20. The van der Waals surface area contributed by atoms with Gasteiger partial charge >= 0.3 is 0 Å². The van der Waals surface area contributed by atoms with E-state index in [0.717, 1.165) is 11.3 Å². The van der Waals surface area contributed by atoms with Gasteiger partial charge in [-0.3, -0.25) is 14.2 Å². The number of carbonyl (C=O) groups is 1. The van der Waals surface area contributed by atoms with Gasteiger partial charge in [0.1, 0.15) is 10.6 Å². The lowest BCUT2D eigenvalue weighted by Gasteiger charge is -2.07. The number of ether oxygens (including phenoxy) is 1. The Morgan fingerprint density at radius 2 is 2.17 bits per heavy atom. The van der Waals surface area contributed by atoms with Crippen molar-refractivity contribution in [1.82, 2.24) is 9.55 Å². The minimum Gasteiger partial charge on any atom is -0.496 e.